The van der Waals surface area contributed by atoms with E-state index >= 15 is 0 Å². The van der Waals surface area contributed by atoms with Crippen LogP contribution >= 0.6 is 11.8 Å². The molecule has 1 unspecified atom stereocenters. The Morgan fingerprint density at radius 3 is 2.43 bits per heavy atom. The van der Waals surface area contributed by atoms with E-state index in [9.17, 15) is 21.9 Å². The van der Waals surface area contributed by atoms with E-state index in [0.29, 0.717) is 5.75 Å². The van der Waals surface area contributed by atoms with Crippen molar-refractivity contribution >= 4 is 31.6 Å². The van der Waals surface area contributed by atoms with E-state index in [0.717, 1.165) is 4.31 Å². The normalized spacial score (nSPS) is 21.3. The first-order valence-corrected chi connectivity index (χ1v) is 10.7. The maximum atomic E-state index is 12.6. The van der Waals surface area contributed by atoms with Crippen LogP contribution < -0.4 is 0 Å². The Kier molecular flexibility index (Phi) is 4.86. The monoisotopic (exact) mass is 351 g/mol. The summed E-state index contributed by atoms with van der Waals surface area (Å²) < 4.78 is 50.6. The number of phenolic OH excluding ortho intramolecular Hbond substituents is 1. The van der Waals surface area contributed by atoms with Crippen molar-refractivity contribution in [3.8, 4) is 5.75 Å². The van der Waals surface area contributed by atoms with E-state index in [2.05, 4.69) is 0 Å². The number of thioether (sulfide) groups is 1. The summed E-state index contributed by atoms with van der Waals surface area (Å²) in [5.41, 5.74) is 0. The standard InChI is InChI=1S/C12H17NO5S3/c1-2-20(15,16)12-9-19-8-7-13(12)21(17,18)11-5-3-10(14)4-6-11/h3-6,12,14H,2,7-9H2,1H3. The Balaban J connectivity index is 2.43. The van der Waals surface area contributed by atoms with Gasteiger partial charge in [0, 0.05) is 23.8 Å². The van der Waals surface area contributed by atoms with E-state index in [1.54, 1.807) is 0 Å². The average Bonchev–Trinajstić information content (AvgIpc) is 2.47. The number of hydrogen-bond acceptors (Lipinski definition) is 6. The average molecular weight is 351 g/mol. The molecule has 1 fully saturated rings. The fourth-order valence-electron chi connectivity index (χ4n) is 2.07. The minimum absolute atomic E-state index is 0.0106. The molecule has 0 amide bonds. The molecule has 1 saturated heterocycles. The van der Waals surface area contributed by atoms with Crippen LogP contribution in [0, 0.1) is 0 Å². The van der Waals surface area contributed by atoms with Gasteiger partial charge in [0.15, 0.2) is 9.84 Å². The van der Waals surface area contributed by atoms with Gasteiger partial charge in [0.05, 0.1) is 4.90 Å². The van der Waals surface area contributed by atoms with Crippen LogP contribution in [0.5, 0.6) is 5.75 Å². The topological polar surface area (TPSA) is 91.8 Å². The van der Waals surface area contributed by atoms with Gasteiger partial charge in [-0.15, -0.1) is 0 Å². The highest BCUT2D eigenvalue weighted by Gasteiger charge is 2.40. The van der Waals surface area contributed by atoms with Crippen molar-refractivity contribution < 1.29 is 21.9 Å². The predicted octanol–water partition coefficient (Wildman–Crippen LogP) is 0.890. The summed E-state index contributed by atoms with van der Waals surface area (Å²) in [6.45, 7) is 1.68. The molecule has 0 aromatic heterocycles. The maximum absolute atomic E-state index is 12.6. The summed E-state index contributed by atoms with van der Waals surface area (Å²) in [7, 11) is -7.38. The zero-order chi connectivity index (χ0) is 15.7. The SMILES string of the molecule is CCS(=O)(=O)C1CSCCN1S(=O)(=O)c1ccc(O)cc1. The molecule has 1 aromatic carbocycles. The highest BCUT2D eigenvalue weighted by Crippen LogP contribution is 2.28. The van der Waals surface area contributed by atoms with Gasteiger partial charge in [-0.25, -0.2) is 16.8 Å². The molecule has 6 nitrogen and oxygen atoms in total. The van der Waals surface area contributed by atoms with Gasteiger partial charge in [-0.3, -0.25) is 0 Å². The predicted molar refractivity (Wildman–Crippen MR) is 82.6 cm³/mol. The summed E-state index contributed by atoms with van der Waals surface area (Å²) in [4.78, 5) is -0.0106. The second-order valence-corrected chi connectivity index (χ2v) is 10.1. The van der Waals surface area contributed by atoms with Crippen LogP contribution in [0.15, 0.2) is 29.2 Å². The highest BCUT2D eigenvalue weighted by atomic mass is 32.2. The molecule has 0 bridgehead atoms. The quantitative estimate of drug-likeness (QED) is 0.866. The number of nitrogens with zero attached hydrogens (tertiary/aromatic N) is 1. The second-order valence-electron chi connectivity index (χ2n) is 4.59. The molecule has 2 rings (SSSR count). The molecule has 0 saturated carbocycles. The highest BCUT2D eigenvalue weighted by molar-refractivity contribution is 8.01. The molecule has 1 N–H and O–H groups in total. The number of aromatic hydroxyl groups is 1. The minimum Gasteiger partial charge on any atom is -0.508 e. The van der Waals surface area contributed by atoms with E-state index in [-0.39, 0.29) is 28.7 Å². The van der Waals surface area contributed by atoms with Crippen LogP contribution in [0.3, 0.4) is 0 Å². The third kappa shape index (κ3) is 3.36. The molecular weight excluding hydrogens is 334 g/mol. The molecule has 118 valence electrons. The zero-order valence-corrected chi connectivity index (χ0v) is 13.9. The molecule has 1 aliphatic rings. The maximum Gasteiger partial charge on any atom is 0.244 e. The molecule has 21 heavy (non-hydrogen) atoms. The number of hydrogen-bond donors (Lipinski definition) is 1. The number of rotatable bonds is 4. The van der Waals surface area contributed by atoms with Crippen molar-refractivity contribution in [3.05, 3.63) is 24.3 Å². The van der Waals surface area contributed by atoms with Crippen molar-refractivity contribution in [3.63, 3.8) is 0 Å². The summed E-state index contributed by atoms with van der Waals surface area (Å²) >= 11 is 1.44. The fraction of sp³-hybridized carbons (Fsp3) is 0.500. The van der Waals surface area contributed by atoms with Gasteiger partial charge in [-0.05, 0) is 24.3 Å². The summed E-state index contributed by atoms with van der Waals surface area (Å²) in [6.07, 6.45) is 0. The van der Waals surface area contributed by atoms with Crippen LogP contribution in [-0.2, 0) is 19.9 Å². The van der Waals surface area contributed by atoms with E-state index in [4.69, 9.17) is 0 Å². The largest absolute Gasteiger partial charge is 0.508 e. The van der Waals surface area contributed by atoms with E-state index in [1.807, 2.05) is 0 Å². The summed E-state index contributed by atoms with van der Waals surface area (Å²) in [6, 6.07) is 5.11. The van der Waals surface area contributed by atoms with Gasteiger partial charge in [0.1, 0.15) is 11.1 Å². The smallest absolute Gasteiger partial charge is 0.244 e. The number of sulfone groups is 1. The lowest BCUT2D eigenvalue weighted by Gasteiger charge is -2.33. The molecule has 0 spiro atoms. The minimum atomic E-state index is -3.89. The number of sulfonamides is 1. The third-order valence-electron chi connectivity index (χ3n) is 3.30. The summed E-state index contributed by atoms with van der Waals surface area (Å²) in [5, 5.41) is 8.22. The van der Waals surface area contributed by atoms with Crippen LogP contribution in [-0.4, -0.2) is 55.4 Å². The Bertz CT molecular complexity index is 697. The molecule has 1 atom stereocenters. The van der Waals surface area contributed by atoms with Crippen molar-refractivity contribution in [2.75, 3.05) is 23.8 Å². The van der Waals surface area contributed by atoms with Gasteiger partial charge < -0.3 is 5.11 Å². The molecule has 9 heteroatoms. The molecule has 1 aliphatic heterocycles. The van der Waals surface area contributed by atoms with Crippen molar-refractivity contribution in [1.82, 2.24) is 4.31 Å². The molecule has 0 aliphatic carbocycles. The Hall–Kier alpha value is -0.770. The fourth-order valence-corrected chi connectivity index (χ4v) is 7.32. The van der Waals surface area contributed by atoms with Gasteiger partial charge in [-0.2, -0.15) is 16.1 Å². The lowest BCUT2D eigenvalue weighted by atomic mass is 10.3. The van der Waals surface area contributed by atoms with Crippen molar-refractivity contribution in [2.45, 2.75) is 17.2 Å². The van der Waals surface area contributed by atoms with Crippen molar-refractivity contribution in [1.29, 1.82) is 0 Å². The van der Waals surface area contributed by atoms with E-state index in [1.165, 1.54) is 43.0 Å². The van der Waals surface area contributed by atoms with E-state index < -0.39 is 25.2 Å². The Labute approximate surface area is 129 Å². The van der Waals surface area contributed by atoms with Gasteiger partial charge in [-0.1, -0.05) is 6.92 Å². The summed E-state index contributed by atoms with van der Waals surface area (Å²) in [5.74, 6) is 0.668. The molecular formula is C12H17NO5S3. The lowest BCUT2D eigenvalue weighted by molar-refractivity contribution is 0.403. The van der Waals surface area contributed by atoms with Crippen LogP contribution in [0.1, 0.15) is 6.92 Å². The number of benzene rings is 1. The second kappa shape index (κ2) is 6.15. The van der Waals surface area contributed by atoms with Gasteiger partial charge in [0.2, 0.25) is 10.0 Å². The first-order valence-electron chi connectivity index (χ1n) is 6.39. The molecule has 0 radical (unpaired) electrons. The van der Waals surface area contributed by atoms with Gasteiger partial charge >= 0.3 is 0 Å². The van der Waals surface area contributed by atoms with Crippen molar-refractivity contribution in [2.24, 2.45) is 0 Å². The van der Waals surface area contributed by atoms with Crippen LogP contribution in [0.25, 0.3) is 0 Å². The third-order valence-corrected chi connectivity index (χ3v) is 8.64. The Morgan fingerprint density at radius 2 is 1.86 bits per heavy atom. The van der Waals surface area contributed by atoms with Crippen LogP contribution in [0.4, 0.5) is 0 Å². The zero-order valence-electron chi connectivity index (χ0n) is 11.5. The molecule has 1 aromatic rings. The molecule has 1 heterocycles. The first kappa shape index (κ1) is 16.6. The van der Waals surface area contributed by atoms with Gasteiger partial charge in [0.25, 0.3) is 0 Å². The first-order chi connectivity index (χ1) is 9.79. The van der Waals surface area contributed by atoms with Crippen LogP contribution in [0.2, 0.25) is 0 Å². The Morgan fingerprint density at radius 1 is 1.24 bits per heavy atom. The number of phenols is 1. The lowest BCUT2D eigenvalue weighted by Crippen LogP contribution is -2.50.